The fourth-order valence-electron chi connectivity index (χ4n) is 3.17. The van der Waals surface area contributed by atoms with E-state index in [1.807, 2.05) is 61.7 Å². The van der Waals surface area contributed by atoms with Gasteiger partial charge in [-0.15, -0.1) is 10.2 Å². The summed E-state index contributed by atoms with van der Waals surface area (Å²) < 4.78 is 13.4. The number of aromatic nitrogens is 4. The molecule has 0 aliphatic carbocycles. The number of benzene rings is 2. The van der Waals surface area contributed by atoms with E-state index in [1.165, 1.54) is 0 Å². The van der Waals surface area contributed by atoms with Crippen molar-refractivity contribution in [2.45, 2.75) is 19.0 Å². The lowest BCUT2D eigenvalue weighted by Crippen LogP contribution is -2.04. The SMILES string of the molecule is CCOc1ccc(OCCSc2nnc(-c3cccnc3)n2-c2ccccc2C)cc1. The maximum Gasteiger partial charge on any atom is 0.196 e. The van der Waals surface area contributed by atoms with Gasteiger partial charge in [-0.2, -0.15) is 0 Å². The van der Waals surface area contributed by atoms with Gasteiger partial charge in [0.2, 0.25) is 0 Å². The number of hydrogen-bond donors (Lipinski definition) is 0. The van der Waals surface area contributed by atoms with Gasteiger partial charge in [-0.1, -0.05) is 30.0 Å². The summed E-state index contributed by atoms with van der Waals surface area (Å²) in [5, 5.41) is 9.75. The summed E-state index contributed by atoms with van der Waals surface area (Å²) in [6, 6.07) is 19.8. The number of para-hydroxylation sites is 1. The molecule has 0 spiro atoms. The van der Waals surface area contributed by atoms with Crippen molar-refractivity contribution in [1.82, 2.24) is 19.7 Å². The van der Waals surface area contributed by atoms with Crippen LogP contribution in [0.15, 0.2) is 78.2 Å². The molecule has 0 fully saturated rings. The monoisotopic (exact) mass is 432 g/mol. The standard InChI is InChI=1S/C24H24N4O2S/c1-3-29-20-10-12-21(13-11-20)30-15-16-31-24-27-26-23(19-8-6-14-25-17-19)28(24)22-9-5-4-7-18(22)2/h4-14,17H,3,15-16H2,1-2H3. The predicted molar refractivity (Wildman–Crippen MR) is 123 cm³/mol. The zero-order chi connectivity index (χ0) is 21.5. The molecule has 4 rings (SSSR count). The van der Waals surface area contributed by atoms with E-state index in [4.69, 9.17) is 9.47 Å². The lowest BCUT2D eigenvalue weighted by molar-refractivity contribution is 0.332. The highest BCUT2D eigenvalue weighted by Gasteiger charge is 2.17. The third kappa shape index (κ3) is 5.06. The molecule has 0 aliphatic rings. The van der Waals surface area contributed by atoms with Gasteiger partial charge in [-0.05, 0) is 61.9 Å². The number of thioether (sulfide) groups is 1. The van der Waals surface area contributed by atoms with Crippen LogP contribution in [-0.4, -0.2) is 38.7 Å². The quantitative estimate of drug-likeness (QED) is 0.267. The molecule has 0 amide bonds. The van der Waals surface area contributed by atoms with Crippen LogP contribution in [0.2, 0.25) is 0 Å². The first-order chi connectivity index (χ1) is 15.3. The van der Waals surface area contributed by atoms with E-state index in [0.29, 0.717) is 13.2 Å². The number of ether oxygens (including phenoxy) is 2. The fraction of sp³-hybridized carbons (Fsp3) is 0.208. The smallest absolute Gasteiger partial charge is 0.196 e. The zero-order valence-corrected chi connectivity index (χ0v) is 18.4. The van der Waals surface area contributed by atoms with E-state index in [9.17, 15) is 0 Å². The van der Waals surface area contributed by atoms with Crippen molar-refractivity contribution in [3.63, 3.8) is 0 Å². The van der Waals surface area contributed by atoms with Gasteiger partial charge >= 0.3 is 0 Å². The van der Waals surface area contributed by atoms with Crippen molar-refractivity contribution in [2.24, 2.45) is 0 Å². The molecular formula is C24H24N4O2S. The molecule has 6 nitrogen and oxygen atoms in total. The minimum atomic E-state index is 0.557. The fourth-order valence-corrected chi connectivity index (χ4v) is 3.93. The van der Waals surface area contributed by atoms with E-state index >= 15 is 0 Å². The van der Waals surface area contributed by atoms with E-state index in [1.54, 1.807) is 18.0 Å². The topological polar surface area (TPSA) is 62.1 Å². The van der Waals surface area contributed by atoms with Gasteiger partial charge in [0, 0.05) is 23.7 Å². The molecule has 31 heavy (non-hydrogen) atoms. The van der Waals surface area contributed by atoms with Gasteiger partial charge in [0.15, 0.2) is 11.0 Å². The predicted octanol–water partition coefficient (Wildman–Crippen LogP) is 5.21. The number of pyridine rings is 1. The summed E-state index contributed by atoms with van der Waals surface area (Å²) >= 11 is 1.62. The van der Waals surface area contributed by atoms with Crippen LogP contribution in [0, 0.1) is 6.92 Å². The second kappa shape index (κ2) is 10.1. The van der Waals surface area contributed by atoms with Crippen LogP contribution in [0.4, 0.5) is 0 Å². The second-order valence-electron chi connectivity index (χ2n) is 6.77. The number of rotatable bonds is 9. The summed E-state index contributed by atoms with van der Waals surface area (Å²) in [6.45, 7) is 5.27. The highest BCUT2D eigenvalue weighted by Crippen LogP contribution is 2.29. The van der Waals surface area contributed by atoms with Crippen molar-refractivity contribution in [3.8, 4) is 28.6 Å². The number of hydrogen-bond acceptors (Lipinski definition) is 6. The van der Waals surface area contributed by atoms with E-state index in [-0.39, 0.29) is 0 Å². The molecule has 4 aromatic rings. The molecule has 0 atom stereocenters. The molecule has 2 aromatic heterocycles. The van der Waals surface area contributed by atoms with Crippen LogP contribution in [-0.2, 0) is 0 Å². The van der Waals surface area contributed by atoms with E-state index < -0.39 is 0 Å². The molecule has 0 bridgehead atoms. The summed E-state index contributed by atoms with van der Waals surface area (Å²) in [5.41, 5.74) is 3.14. The van der Waals surface area contributed by atoms with Crippen molar-refractivity contribution in [2.75, 3.05) is 19.0 Å². The summed E-state index contributed by atoms with van der Waals surface area (Å²) in [5.74, 6) is 3.18. The maximum absolute atomic E-state index is 5.88. The van der Waals surface area contributed by atoms with Crippen molar-refractivity contribution < 1.29 is 9.47 Å². The molecule has 0 N–H and O–H groups in total. The maximum atomic E-state index is 5.88. The van der Waals surface area contributed by atoms with Crippen LogP contribution >= 0.6 is 11.8 Å². The Morgan fingerprint density at radius 2 is 1.68 bits per heavy atom. The van der Waals surface area contributed by atoms with Crippen LogP contribution in [0.1, 0.15) is 12.5 Å². The molecule has 0 saturated carbocycles. The van der Waals surface area contributed by atoms with Crippen LogP contribution in [0.3, 0.4) is 0 Å². The van der Waals surface area contributed by atoms with Crippen molar-refractivity contribution >= 4 is 11.8 Å². The van der Waals surface area contributed by atoms with Gasteiger partial charge in [0.05, 0.1) is 18.9 Å². The third-order valence-corrected chi connectivity index (χ3v) is 5.52. The highest BCUT2D eigenvalue weighted by molar-refractivity contribution is 7.99. The van der Waals surface area contributed by atoms with Crippen molar-refractivity contribution in [1.29, 1.82) is 0 Å². The van der Waals surface area contributed by atoms with Gasteiger partial charge in [-0.25, -0.2) is 0 Å². The molecule has 158 valence electrons. The average Bonchev–Trinajstić information content (AvgIpc) is 3.22. The molecule has 7 heteroatoms. The molecule has 0 unspecified atom stereocenters. The Kier molecular flexibility index (Phi) is 6.84. The molecule has 0 saturated heterocycles. The van der Waals surface area contributed by atoms with Gasteiger partial charge in [0.25, 0.3) is 0 Å². The molecular weight excluding hydrogens is 408 g/mol. The summed E-state index contributed by atoms with van der Waals surface area (Å²) in [4.78, 5) is 4.24. The lowest BCUT2D eigenvalue weighted by Gasteiger charge is -2.13. The van der Waals surface area contributed by atoms with Crippen LogP contribution in [0.5, 0.6) is 11.5 Å². The molecule has 2 aromatic carbocycles. The first-order valence-electron chi connectivity index (χ1n) is 10.2. The summed E-state index contributed by atoms with van der Waals surface area (Å²) in [7, 11) is 0. The van der Waals surface area contributed by atoms with Crippen LogP contribution < -0.4 is 9.47 Å². The largest absolute Gasteiger partial charge is 0.494 e. The number of nitrogens with zero attached hydrogens (tertiary/aromatic N) is 4. The van der Waals surface area contributed by atoms with Gasteiger partial charge in [0.1, 0.15) is 11.5 Å². The normalized spacial score (nSPS) is 10.8. The van der Waals surface area contributed by atoms with Gasteiger partial charge in [-0.3, -0.25) is 9.55 Å². The Bertz CT molecular complexity index is 1110. The Balaban J connectivity index is 1.49. The Morgan fingerprint density at radius 3 is 2.39 bits per heavy atom. The first kappa shape index (κ1) is 20.9. The lowest BCUT2D eigenvalue weighted by atomic mass is 10.2. The minimum absolute atomic E-state index is 0.557. The molecule has 0 radical (unpaired) electrons. The Labute approximate surface area is 186 Å². The molecule has 2 heterocycles. The zero-order valence-electron chi connectivity index (χ0n) is 17.6. The average molecular weight is 433 g/mol. The van der Waals surface area contributed by atoms with Gasteiger partial charge < -0.3 is 9.47 Å². The Morgan fingerprint density at radius 1 is 0.903 bits per heavy atom. The number of aryl methyl sites for hydroxylation is 1. The Hall–Kier alpha value is -3.32. The van der Waals surface area contributed by atoms with Crippen molar-refractivity contribution in [3.05, 3.63) is 78.6 Å². The second-order valence-corrected chi connectivity index (χ2v) is 7.83. The van der Waals surface area contributed by atoms with E-state index in [2.05, 4.69) is 38.8 Å². The van der Waals surface area contributed by atoms with E-state index in [0.717, 1.165) is 45.0 Å². The summed E-state index contributed by atoms with van der Waals surface area (Å²) in [6.07, 6.45) is 3.56. The first-order valence-corrected chi connectivity index (χ1v) is 11.1. The molecule has 0 aliphatic heterocycles. The van der Waals surface area contributed by atoms with Crippen LogP contribution in [0.25, 0.3) is 17.1 Å². The minimum Gasteiger partial charge on any atom is -0.494 e. The highest BCUT2D eigenvalue weighted by atomic mass is 32.2. The third-order valence-electron chi connectivity index (χ3n) is 4.63.